The maximum absolute atomic E-state index is 12.9. The molecular formula is C10H10F4. The van der Waals surface area contributed by atoms with E-state index >= 15 is 0 Å². The average Bonchev–Trinajstić information content (AvgIpc) is 2.02. The molecule has 0 aliphatic carbocycles. The predicted molar refractivity (Wildman–Crippen MR) is 45.4 cm³/mol. The first-order chi connectivity index (χ1) is 6.46. The van der Waals surface area contributed by atoms with E-state index in [1.54, 1.807) is 6.92 Å². The van der Waals surface area contributed by atoms with Crippen molar-refractivity contribution in [1.29, 1.82) is 0 Å². The largest absolute Gasteiger partial charge is 0.419 e. The lowest BCUT2D eigenvalue weighted by atomic mass is 10.0. The van der Waals surface area contributed by atoms with E-state index in [2.05, 4.69) is 0 Å². The Bertz CT molecular complexity index is 314. The van der Waals surface area contributed by atoms with Crippen molar-refractivity contribution in [3.8, 4) is 0 Å². The van der Waals surface area contributed by atoms with Crippen LogP contribution in [0.4, 0.5) is 17.6 Å². The van der Waals surface area contributed by atoms with E-state index in [4.69, 9.17) is 0 Å². The predicted octanol–water partition coefficient (Wildman–Crippen LogP) is 3.80. The molecule has 0 saturated carbocycles. The summed E-state index contributed by atoms with van der Waals surface area (Å²) < 4.78 is 50.1. The zero-order valence-electron chi connectivity index (χ0n) is 7.66. The summed E-state index contributed by atoms with van der Waals surface area (Å²) in [5, 5.41) is 0. The molecule has 0 unspecified atom stereocenters. The highest BCUT2D eigenvalue weighted by Gasteiger charge is 2.36. The molecule has 0 radical (unpaired) electrons. The topological polar surface area (TPSA) is 0 Å². The van der Waals surface area contributed by atoms with Gasteiger partial charge in [0.2, 0.25) is 0 Å². The molecule has 0 spiro atoms. The van der Waals surface area contributed by atoms with E-state index in [9.17, 15) is 17.6 Å². The fraction of sp³-hybridized carbons (Fsp3) is 0.400. The van der Waals surface area contributed by atoms with Crippen molar-refractivity contribution in [3.05, 3.63) is 35.1 Å². The second kappa shape index (κ2) is 3.98. The van der Waals surface area contributed by atoms with Crippen molar-refractivity contribution in [2.24, 2.45) is 0 Å². The number of alkyl halides is 3. The van der Waals surface area contributed by atoms with Crippen LogP contribution in [0.3, 0.4) is 0 Å². The van der Waals surface area contributed by atoms with Crippen molar-refractivity contribution in [2.45, 2.75) is 25.9 Å². The number of hydrogen-bond acceptors (Lipinski definition) is 0. The summed E-state index contributed by atoms with van der Waals surface area (Å²) in [5.41, 5.74) is -1.10. The zero-order valence-corrected chi connectivity index (χ0v) is 7.66. The van der Waals surface area contributed by atoms with Crippen LogP contribution in [0.15, 0.2) is 18.2 Å². The third-order valence-electron chi connectivity index (χ3n) is 1.90. The van der Waals surface area contributed by atoms with Crippen LogP contribution in [0, 0.1) is 5.82 Å². The minimum absolute atomic E-state index is 0.0278. The summed E-state index contributed by atoms with van der Waals surface area (Å²) in [6, 6.07) is 3.45. The molecule has 1 aromatic carbocycles. The van der Waals surface area contributed by atoms with E-state index in [-0.39, 0.29) is 12.0 Å². The van der Waals surface area contributed by atoms with Gasteiger partial charge in [0.05, 0.1) is 5.56 Å². The van der Waals surface area contributed by atoms with Gasteiger partial charge in [-0.05, 0) is 18.1 Å². The number of benzene rings is 1. The zero-order chi connectivity index (χ0) is 10.8. The van der Waals surface area contributed by atoms with E-state index in [1.165, 1.54) is 12.1 Å². The molecule has 0 atom stereocenters. The lowest BCUT2D eigenvalue weighted by Crippen LogP contribution is -2.12. The summed E-state index contributed by atoms with van der Waals surface area (Å²) in [5.74, 6) is -1.19. The van der Waals surface area contributed by atoms with Gasteiger partial charge in [0.15, 0.2) is 0 Å². The second-order valence-electron chi connectivity index (χ2n) is 3.02. The molecule has 0 N–H and O–H groups in total. The standard InChI is InChI=1S/C10H10F4/c1-2-4-7-5-3-6-8(11)9(7)10(12,13)14/h3,5-6H,2,4H2,1H3. The van der Waals surface area contributed by atoms with Crippen LogP contribution < -0.4 is 0 Å². The van der Waals surface area contributed by atoms with Gasteiger partial charge in [0.25, 0.3) is 0 Å². The fourth-order valence-corrected chi connectivity index (χ4v) is 1.36. The molecule has 4 heteroatoms. The van der Waals surface area contributed by atoms with Crippen LogP contribution in [0.5, 0.6) is 0 Å². The third-order valence-corrected chi connectivity index (χ3v) is 1.90. The van der Waals surface area contributed by atoms with E-state index in [0.717, 1.165) is 6.07 Å². The summed E-state index contributed by atoms with van der Waals surface area (Å²) in [6.07, 6.45) is -3.80. The molecule has 1 aromatic rings. The minimum atomic E-state index is -4.60. The Hall–Kier alpha value is -1.06. The first-order valence-electron chi connectivity index (χ1n) is 4.31. The van der Waals surface area contributed by atoms with Gasteiger partial charge in [0.1, 0.15) is 5.82 Å². The molecule has 0 aliphatic rings. The fourth-order valence-electron chi connectivity index (χ4n) is 1.36. The van der Waals surface area contributed by atoms with Crippen molar-refractivity contribution in [2.75, 3.05) is 0 Å². The number of hydrogen-bond donors (Lipinski definition) is 0. The van der Waals surface area contributed by atoms with Gasteiger partial charge in [-0.15, -0.1) is 0 Å². The van der Waals surface area contributed by atoms with Gasteiger partial charge >= 0.3 is 6.18 Å². The van der Waals surface area contributed by atoms with E-state index < -0.39 is 17.6 Å². The Labute approximate surface area is 79.6 Å². The van der Waals surface area contributed by atoms with Gasteiger partial charge in [-0.1, -0.05) is 25.5 Å². The highest BCUT2D eigenvalue weighted by atomic mass is 19.4. The monoisotopic (exact) mass is 206 g/mol. The summed E-state index contributed by atoms with van der Waals surface area (Å²) >= 11 is 0. The van der Waals surface area contributed by atoms with Crippen molar-refractivity contribution in [1.82, 2.24) is 0 Å². The lowest BCUT2D eigenvalue weighted by molar-refractivity contribution is -0.140. The van der Waals surface area contributed by atoms with Crippen LogP contribution in [0.1, 0.15) is 24.5 Å². The molecule has 0 saturated heterocycles. The molecule has 78 valence electrons. The highest BCUT2D eigenvalue weighted by molar-refractivity contribution is 5.31. The molecule has 14 heavy (non-hydrogen) atoms. The maximum atomic E-state index is 12.9. The molecule has 0 aliphatic heterocycles. The van der Waals surface area contributed by atoms with Crippen molar-refractivity contribution >= 4 is 0 Å². The Morgan fingerprint density at radius 3 is 2.36 bits per heavy atom. The van der Waals surface area contributed by atoms with Gasteiger partial charge < -0.3 is 0 Å². The molecule has 0 bridgehead atoms. The molecule has 0 nitrogen and oxygen atoms in total. The van der Waals surface area contributed by atoms with Gasteiger partial charge in [-0.3, -0.25) is 0 Å². The Kier molecular flexibility index (Phi) is 3.13. The SMILES string of the molecule is CCCc1cccc(F)c1C(F)(F)F. The first kappa shape index (κ1) is 11.0. The lowest BCUT2D eigenvalue weighted by Gasteiger charge is -2.12. The highest BCUT2D eigenvalue weighted by Crippen LogP contribution is 2.34. The molecule has 0 aromatic heterocycles. The molecule has 0 fully saturated rings. The second-order valence-corrected chi connectivity index (χ2v) is 3.02. The molecule has 0 amide bonds. The van der Waals surface area contributed by atoms with Gasteiger partial charge in [-0.25, -0.2) is 4.39 Å². The van der Waals surface area contributed by atoms with Crippen molar-refractivity contribution in [3.63, 3.8) is 0 Å². The average molecular weight is 206 g/mol. The quantitative estimate of drug-likeness (QED) is 0.645. The number of halogens is 4. The number of rotatable bonds is 2. The first-order valence-corrected chi connectivity index (χ1v) is 4.31. The molecule has 0 heterocycles. The minimum Gasteiger partial charge on any atom is -0.206 e. The smallest absolute Gasteiger partial charge is 0.206 e. The third kappa shape index (κ3) is 2.25. The van der Waals surface area contributed by atoms with Crippen LogP contribution in [0.2, 0.25) is 0 Å². The van der Waals surface area contributed by atoms with Gasteiger partial charge in [-0.2, -0.15) is 13.2 Å². The van der Waals surface area contributed by atoms with Gasteiger partial charge in [0, 0.05) is 0 Å². The number of aryl methyl sites for hydroxylation is 1. The summed E-state index contributed by atoms with van der Waals surface area (Å²) in [6.45, 7) is 1.76. The van der Waals surface area contributed by atoms with Crippen LogP contribution in [-0.4, -0.2) is 0 Å². The summed E-state index contributed by atoms with van der Waals surface area (Å²) in [4.78, 5) is 0. The Morgan fingerprint density at radius 1 is 1.21 bits per heavy atom. The van der Waals surface area contributed by atoms with E-state index in [1.807, 2.05) is 0 Å². The van der Waals surface area contributed by atoms with Crippen LogP contribution >= 0.6 is 0 Å². The van der Waals surface area contributed by atoms with E-state index in [0.29, 0.717) is 6.42 Å². The van der Waals surface area contributed by atoms with Crippen molar-refractivity contribution < 1.29 is 17.6 Å². The Balaban J connectivity index is 3.22. The maximum Gasteiger partial charge on any atom is 0.419 e. The van der Waals surface area contributed by atoms with Crippen LogP contribution in [-0.2, 0) is 12.6 Å². The Morgan fingerprint density at radius 2 is 1.86 bits per heavy atom. The summed E-state index contributed by atoms with van der Waals surface area (Å²) in [7, 11) is 0. The molecule has 1 rings (SSSR count). The van der Waals surface area contributed by atoms with Crippen LogP contribution in [0.25, 0.3) is 0 Å². The normalized spacial score (nSPS) is 11.8. The molecular weight excluding hydrogens is 196 g/mol.